The van der Waals surface area contributed by atoms with E-state index < -0.39 is 5.97 Å². The molecular formula is C13H14N4O3. The van der Waals surface area contributed by atoms with Gasteiger partial charge in [-0.1, -0.05) is 17.3 Å². The van der Waals surface area contributed by atoms with Gasteiger partial charge < -0.3 is 5.11 Å². The Morgan fingerprint density at radius 1 is 1.40 bits per heavy atom. The average Bonchev–Trinajstić information content (AvgIpc) is 2.91. The summed E-state index contributed by atoms with van der Waals surface area (Å²) in [6.07, 6.45) is 0.602. The van der Waals surface area contributed by atoms with E-state index in [9.17, 15) is 9.59 Å². The lowest BCUT2D eigenvalue weighted by Gasteiger charge is -2.15. The van der Waals surface area contributed by atoms with E-state index in [0.29, 0.717) is 30.4 Å². The number of likely N-dealkylation sites (tertiary alicyclic amines) is 1. The largest absolute Gasteiger partial charge is 0.481 e. The zero-order valence-corrected chi connectivity index (χ0v) is 10.8. The minimum absolute atomic E-state index is 0.200. The zero-order valence-electron chi connectivity index (χ0n) is 10.8. The van der Waals surface area contributed by atoms with E-state index in [1.807, 2.05) is 4.90 Å². The molecule has 0 saturated carbocycles. The molecule has 0 aliphatic carbocycles. The van der Waals surface area contributed by atoms with Crippen molar-refractivity contribution in [3.63, 3.8) is 0 Å². The third-order valence-corrected chi connectivity index (χ3v) is 3.58. The maximum absolute atomic E-state index is 12.2. The molecule has 1 aromatic heterocycles. The van der Waals surface area contributed by atoms with Crippen LogP contribution >= 0.6 is 0 Å². The van der Waals surface area contributed by atoms with Gasteiger partial charge in [0.25, 0.3) is 5.56 Å². The number of fused-ring (bicyclic) bond motifs is 1. The van der Waals surface area contributed by atoms with Gasteiger partial charge in [0.15, 0.2) is 0 Å². The van der Waals surface area contributed by atoms with Crippen molar-refractivity contribution in [1.82, 2.24) is 19.9 Å². The molecule has 0 bridgehead atoms. The number of hydrogen-bond acceptors (Lipinski definition) is 5. The summed E-state index contributed by atoms with van der Waals surface area (Å²) in [5, 5.41) is 17.4. The van der Waals surface area contributed by atoms with E-state index in [1.165, 1.54) is 4.68 Å². The Bertz CT molecular complexity index is 712. The minimum Gasteiger partial charge on any atom is -0.481 e. The van der Waals surface area contributed by atoms with Crippen molar-refractivity contribution in [1.29, 1.82) is 0 Å². The summed E-state index contributed by atoms with van der Waals surface area (Å²) in [7, 11) is 0. The van der Waals surface area contributed by atoms with E-state index in [-0.39, 0.29) is 18.1 Å². The first-order chi connectivity index (χ1) is 9.65. The third kappa shape index (κ3) is 2.27. The summed E-state index contributed by atoms with van der Waals surface area (Å²) < 4.78 is 1.28. The van der Waals surface area contributed by atoms with Crippen LogP contribution in [-0.4, -0.2) is 44.1 Å². The van der Waals surface area contributed by atoms with Gasteiger partial charge in [0, 0.05) is 13.1 Å². The fourth-order valence-corrected chi connectivity index (χ4v) is 2.47. The highest BCUT2D eigenvalue weighted by Gasteiger charge is 2.28. The number of carboxylic acids is 1. The lowest BCUT2D eigenvalue weighted by atomic mass is 10.1. The van der Waals surface area contributed by atoms with Crippen LogP contribution in [0, 0.1) is 5.92 Å². The molecule has 1 aliphatic heterocycles. The highest BCUT2D eigenvalue weighted by atomic mass is 16.4. The molecule has 0 radical (unpaired) electrons. The van der Waals surface area contributed by atoms with E-state index in [1.54, 1.807) is 24.3 Å². The van der Waals surface area contributed by atoms with Crippen LogP contribution < -0.4 is 5.56 Å². The average molecular weight is 274 g/mol. The third-order valence-electron chi connectivity index (χ3n) is 3.58. The maximum Gasteiger partial charge on any atom is 0.307 e. The van der Waals surface area contributed by atoms with Crippen molar-refractivity contribution in [3.8, 4) is 0 Å². The van der Waals surface area contributed by atoms with Crippen molar-refractivity contribution in [3.05, 3.63) is 34.6 Å². The summed E-state index contributed by atoms with van der Waals surface area (Å²) >= 11 is 0. The van der Waals surface area contributed by atoms with Gasteiger partial charge in [-0.05, 0) is 18.6 Å². The number of nitrogens with zero attached hydrogens (tertiary/aromatic N) is 4. The number of aliphatic carboxylic acids is 1. The number of hydrogen-bond donors (Lipinski definition) is 1. The summed E-state index contributed by atoms with van der Waals surface area (Å²) in [5.74, 6) is -1.15. The number of aromatic nitrogens is 3. The zero-order chi connectivity index (χ0) is 14.1. The van der Waals surface area contributed by atoms with Crippen LogP contribution in [0.4, 0.5) is 0 Å². The Morgan fingerprint density at radius 2 is 2.20 bits per heavy atom. The van der Waals surface area contributed by atoms with E-state index in [0.717, 1.165) is 0 Å². The Hall–Kier alpha value is -2.28. The predicted molar refractivity (Wildman–Crippen MR) is 71.1 cm³/mol. The van der Waals surface area contributed by atoms with Crippen LogP contribution in [0.2, 0.25) is 0 Å². The van der Waals surface area contributed by atoms with Gasteiger partial charge in [0.05, 0.1) is 18.0 Å². The SMILES string of the molecule is O=C(O)C1CCN(Cn2nnc3ccccc3c2=O)C1. The van der Waals surface area contributed by atoms with Gasteiger partial charge in [0.1, 0.15) is 5.52 Å². The Balaban J connectivity index is 1.84. The van der Waals surface area contributed by atoms with Crippen molar-refractivity contribution in [2.24, 2.45) is 5.92 Å². The molecule has 1 saturated heterocycles. The van der Waals surface area contributed by atoms with Crippen LogP contribution in [0.1, 0.15) is 6.42 Å². The topological polar surface area (TPSA) is 88.3 Å². The Kier molecular flexibility index (Phi) is 3.19. The molecule has 1 atom stereocenters. The first-order valence-electron chi connectivity index (χ1n) is 6.43. The van der Waals surface area contributed by atoms with Gasteiger partial charge >= 0.3 is 5.97 Å². The van der Waals surface area contributed by atoms with Gasteiger partial charge in [-0.2, -0.15) is 4.68 Å². The van der Waals surface area contributed by atoms with Crippen LogP contribution in [0.15, 0.2) is 29.1 Å². The molecule has 1 aromatic carbocycles. The van der Waals surface area contributed by atoms with Crippen LogP contribution in [0.5, 0.6) is 0 Å². The Morgan fingerprint density at radius 3 is 2.95 bits per heavy atom. The van der Waals surface area contributed by atoms with Crippen molar-refractivity contribution >= 4 is 16.9 Å². The minimum atomic E-state index is -0.788. The molecule has 1 aliphatic rings. The smallest absolute Gasteiger partial charge is 0.307 e. The standard InChI is InChI=1S/C13H14N4O3/c18-12-10-3-1-2-4-11(10)14-15-17(12)8-16-6-5-9(7-16)13(19)20/h1-4,9H,5-8H2,(H,19,20). The molecule has 7 heteroatoms. The van der Waals surface area contributed by atoms with E-state index >= 15 is 0 Å². The summed E-state index contributed by atoms with van der Waals surface area (Å²) in [5.41, 5.74) is 0.368. The molecule has 2 heterocycles. The fourth-order valence-electron chi connectivity index (χ4n) is 2.47. The number of carboxylic acid groups (broad SMARTS) is 1. The second-order valence-corrected chi connectivity index (χ2v) is 4.95. The molecule has 1 unspecified atom stereocenters. The van der Waals surface area contributed by atoms with Crippen molar-refractivity contribution < 1.29 is 9.90 Å². The van der Waals surface area contributed by atoms with E-state index in [4.69, 9.17) is 5.11 Å². The lowest BCUT2D eigenvalue weighted by molar-refractivity contribution is -0.141. The van der Waals surface area contributed by atoms with Gasteiger partial charge in [-0.15, -0.1) is 5.10 Å². The molecule has 7 nitrogen and oxygen atoms in total. The van der Waals surface area contributed by atoms with Crippen LogP contribution in [0.25, 0.3) is 10.9 Å². The molecule has 20 heavy (non-hydrogen) atoms. The highest BCUT2D eigenvalue weighted by molar-refractivity contribution is 5.76. The molecule has 0 amide bonds. The predicted octanol–water partition coefficient (Wildman–Crippen LogP) is 0.155. The normalized spacial score (nSPS) is 19.5. The molecule has 1 fully saturated rings. The first kappa shape index (κ1) is 12.7. The quantitative estimate of drug-likeness (QED) is 0.857. The van der Waals surface area contributed by atoms with Gasteiger partial charge in [-0.25, -0.2) is 0 Å². The second-order valence-electron chi connectivity index (χ2n) is 4.95. The molecule has 0 spiro atoms. The van der Waals surface area contributed by atoms with Crippen LogP contribution in [0.3, 0.4) is 0 Å². The molecular weight excluding hydrogens is 260 g/mol. The number of rotatable bonds is 3. The van der Waals surface area contributed by atoms with Crippen LogP contribution in [-0.2, 0) is 11.5 Å². The van der Waals surface area contributed by atoms with Gasteiger partial charge in [-0.3, -0.25) is 14.5 Å². The van der Waals surface area contributed by atoms with Crippen molar-refractivity contribution in [2.75, 3.05) is 13.1 Å². The molecule has 104 valence electrons. The number of benzene rings is 1. The number of carbonyl (C=O) groups is 1. The van der Waals surface area contributed by atoms with E-state index in [2.05, 4.69) is 10.3 Å². The molecule has 3 rings (SSSR count). The van der Waals surface area contributed by atoms with Gasteiger partial charge in [0.2, 0.25) is 0 Å². The monoisotopic (exact) mass is 274 g/mol. The molecule has 1 N–H and O–H groups in total. The second kappa shape index (κ2) is 5.01. The maximum atomic E-state index is 12.2. The molecule has 2 aromatic rings. The first-order valence-corrected chi connectivity index (χ1v) is 6.43. The summed E-state index contributed by atoms with van der Waals surface area (Å²) in [4.78, 5) is 25.1. The highest BCUT2D eigenvalue weighted by Crippen LogP contribution is 2.16. The fraction of sp³-hybridized carbons (Fsp3) is 0.385. The summed E-state index contributed by atoms with van der Waals surface area (Å²) in [6.45, 7) is 1.37. The van der Waals surface area contributed by atoms with Crippen molar-refractivity contribution in [2.45, 2.75) is 13.1 Å². The Labute approximate surface area is 114 Å². The summed E-state index contributed by atoms with van der Waals surface area (Å²) in [6, 6.07) is 7.04. The lowest BCUT2D eigenvalue weighted by Crippen LogP contribution is -2.33.